The minimum absolute atomic E-state index is 0.188. The van der Waals surface area contributed by atoms with Crippen molar-refractivity contribution in [2.45, 2.75) is 6.54 Å². The Bertz CT molecular complexity index is 1250. The van der Waals surface area contributed by atoms with Crippen molar-refractivity contribution >= 4 is 35.1 Å². The number of hydrogen-bond acceptors (Lipinski definition) is 8. The third kappa shape index (κ3) is 5.15. The molecule has 0 N–H and O–H groups in total. The van der Waals surface area contributed by atoms with Gasteiger partial charge in [0.15, 0.2) is 16.7 Å². The Labute approximate surface area is 201 Å². The highest BCUT2D eigenvalue weighted by molar-refractivity contribution is 8.18. The Morgan fingerprint density at radius 2 is 1.76 bits per heavy atom. The highest BCUT2D eigenvalue weighted by Gasteiger charge is 2.34. The molecule has 3 aromatic rings. The van der Waals surface area contributed by atoms with Crippen LogP contribution in [0, 0.1) is 0 Å². The van der Waals surface area contributed by atoms with E-state index in [1.807, 2.05) is 36.4 Å². The molecule has 1 fully saturated rings. The standard InChI is InChI=1S/C25H23N3O5S/c1-30-20-9-5-4-7-18(20)14-23-24(29)28(16-19-8-6-12-33-19)25(34-23)27-26-15-17-10-11-21(31-2)22(13-17)32-3/h4-15H,16H2,1-3H3/b23-14-,26-15+,27-25-. The first-order chi connectivity index (χ1) is 16.6. The normalized spacial score (nSPS) is 16.1. The molecule has 9 heteroatoms. The van der Waals surface area contributed by atoms with Crippen LogP contribution < -0.4 is 14.2 Å². The third-order valence-electron chi connectivity index (χ3n) is 4.97. The van der Waals surface area contributed by atoms with Crippen molar-refractivity contribution in [3.05, 3.63) is 82.7 Å². The van der Waals surface area contributed by atoms with Gasteiger partial charge in [-0.15, -0.1) is 5.10 Å². The van der Waals surface area contributed by atoms with E-state index < -0.39 is 0 Å². The second-order valence-corrected chi connectivity index (χ2v) is 8.07. The number of ether oxygens (including phenoxy) is 3. The van der Waals surface area contributed by atoms with E-state index in [0.717, 1.165) is 11.1 Å². The van der Waals surface area contributed by atoms with Crippen molar-refractivity contribution in [1.82, 2.24) is 4.90 Å². The number of para-hydroxylation sites is 1. The van der Waals surface area contributed by atoms with Gasteiger partial charge in [0, 0.05) is 5.56 Å². The summed E-state index contributed by atoms with van der Waals surface area (Å²) in [5.74, 6) is 2.35. The van der Waals surface area contributed by atoms with Crippen LogP contribution in [0.25, 0.3) is 6.08 Å². The second kappa shape index (κ2) is 10.8. The number of amides is 1. The largest absolute Gasteiger partial charge is 0.496 e. The van der Waals surface area contributed by atoms with Crippen LogP contribution in [0.15, 0.2) is 80.4 Å². The van der Waals surface area contributed by atoms with Crippen molar-refractivity contribution in [1.29, 1.82) is 0 Å². The average molecular weight is 478 g/mol. The molecule has 34 heavy (non-hydrogen) atoms. The van der Waals surface area contributed by atoms with E-state index >= 15 is 0 Å². The van der Waals surface area contributed by atoms with Crippen LogP contribution in [0.4, 0.5) is 0 Å². The molecule has 8 nitrogen and oxygen atoms in total. The maximum atomic E-state index is 13.2. The number of furan rings is 1. The number of nitrogens with zero attached hydrogens (tertiary/aromatic N) is 3. The monoisotopic (exact) mass is 477 g/mol. The summed E-state index contributed by atoms with van der Waals surface area (Å²) in [5.41, 5.74) is 1.58. The topological polar surface area (TPSA) is 85.9 Å². The lowest BCUT2D eigenvalue weighted by molar-refractivity contribution is -0.122. The molecule has 1 aromatic heterocycles. The second-order valence-electron chi connectivity index (χ2n) is 7.06. The van der Waals surface area contributed by atoms with Crippen LogP contribution in [-0.4, -0.2) is 43.5 Å². The fourth-order valence-electron chi connectivity index (χ4n) is 3.29. The van der Waals surface area contributed by atoms with Gasteiger partial charge in [0.1, 0.15) is 11.5 Å². The molecule has 0 atom stereocenters. The summed E-state index contributed by atoms with van der Waals surface area (Å²) in [6, 6.07) is 16.5. The van der Waals surface area contributed by atoms with Gasteiger partial charge in [-0.3, -0.25) is 9.69 Å². The van der Waals surface area contributed by atoms with Gasteiger partial charge in [-0.05, 0) is 59.8 Å². The highest BCUT2D eigenvalue weighted by atomic mass is 32.2. The van der Waals surface area contributed by atoms with Gasteiger partial charge in [-0.1, -0.05) is 18.2 Å². The fraction of sp³-hybridized carbons (Fsp3) is 0.160. The minimum Gasteiger partial charge on any atom is -0.496 e. The van der Waals surface area contributed by atoms with E-state index in [4.69, 9.17) is 18.6 Å². The zero-order valence-corrected chi connectivity index (χ0v) is 19.7. The Kier molecular flexibility index (Phi) is 7.34. The number of rotatable bonds is 8. The maximum absolute atomic E-state index is 13.2. The summed E-state index contributed by atoms with van der Waals surface area (Å²) >= 11 is 1.24. The maximum Gasteiger partial charge on any atom is 0.267 e. The van der Waals surface area contributed by atoms with Crippen LogP contribution in [0.2, 0.25) is 0 Å². The molecular formula is C25H23N3O5S. The van der Waals surface area contributed by atoms with Crippen molar-refractivity contribution in [3.8, 4) is 17.2 Å². The third-order valence-corrected chi connectivity index (χ3v) is 5.96. The number of carbonyl (C=O) groups excluding carboxylic acids is 1. The number of thioether (sulfide) groups is 1. The highest BCUT2D eigenvalue weighted by Crippen LogP contribution is 2.35. The van der Waals surface area contributed by atoms with Crippen LogP contribution in [0.5, 0.6) is 17.2 Å². The summed E-state index contributed by atoms with van der Waals surface area (Å²) < 4.78 is 21.4. The van der Waals surface area contributed by atoms with Crippen molar-refractivity contribution in [3.63, 3.8) is 0 Å². The zero-order valence-electron chi connectivity index (χ0n) is 18.9. The molecular weight excluding hydrogens is 454 g/mol. The lowest BCUT2D eigenvalue weighted by Gasteiger charge is -2.12. The molecule has 2 heterocycles. The first-order valence-corrected chi connectivity index (χ1v) is 11.1. The Morgan fingerprint density at radius 1 is 0.971 bits per heavy atom. The molecule has 0 radical (unpaired) electrons. The van der Waals surface area contributed by atoms with E-state index in [2.05, 4.69) is 10.2 Å². The summed E-state index contributed by atoms with van der Waals surface area (Å²) in [6.07, 6.45) is 4.95. The fourth-order valence-corrected chi connectivity index (χ4v) is 4.21. The van der Waals surface area contributed by atoms with Gasteiger partial charge in [0.05, 0.1) is 45.3 Å². The minimum atomic E-state index is -0.188. The molecule has 0 bridgehead atoms. The molecule has 1 aliphatic rings. The van der Waals surface area contributed by atoms with E-state index in [-0.39, 0.29) is 12.5 Å². The number of hydrogen-bond donors (Lipinski definition) is 0. The Morgan fingerprint density at radius 3 is 2.50 bits per heavy atom. The van der Waals surface area contributed by atoms with Gasteiger partial charge in [0.2, 0.25) is 0 Å². The first-order valence-electron chi connectivity index (χ1n) is 10.3. The molecule has 0 saturated carbocycles. The van der Waals surface area contributed by atoms with Crippen molar-refractivity contribution in [2.24, 2.45) is 10.2 Å². The molecule has 174 valence electrons. The van der Waals surface area contributed by atoms with Crippen LogP contribution in [0.1, 0.15) is 16.9 Å². The van der Waals surface area contributed by atoms with Gasteiger partial charge in [0.25, 0.3) is 5.91 Å². The summed E-state index contributed by atoms with van der Waals surface area (Å²) in [6.45, 7) is 0.243. The first kappa shape index (κ1) is 23.2. The smallest absolute Gasteiger partial charge is 0.267 e. The van der Waals surface area contributed by atoms with Crippen molar-refractivity contribution < 1.29 is 23.4 Å². The Balaban J connectivity index is 1.63. The summed E-state index contributed by atoms with van der Waals surface area (Å²) in [5, 5.41) is 8.99. The zero-order chi connectivity index (χ0) is 23.9. The number of amidine groups is 1. The molecule has 0 spiro atoms. The lowest BCUT2D eigenvalue weighted by atomic mass is 10.2. The molecule has 4 rings (SSSR count). The van der Waals surface area contributed by atoms with Gasteiger partial charge in [-0.25, -0.2) is 0 Å². The van der Waals surface area contributed by atoms with E-state index in [9.17, 15) is 4.79 Å². The predicted octanol–water partition coefficient (Wildman–Crippen LogP) is 4.81. The van der Waals surface area contributed by atoms with E-state index in [1.165, 1.54) is 16.7 Å². The van der Waals surface area contributed by atoms with Gasteiger partial charge >= 0.3 is 0 Å². The summed E-state index contributed by atoms with van der Waals surface area (Å²) in [4.78, 5) is 15.3. The van der Waals surface area contributed by atoms with E-state index in [0.29, 0.717) is 33.1 Å². The molecule has 1 amide bonds. The predicted molar refractivity (Wildman–Crippen MR) is 132 cm³/mol. The number of methoxy groups -OCH3 is 3. The van der Waals surface area contributed by atoms with Crippen LogP contribution >= 0.6 is 11.8 Å². The number of benzene rings is 2. The molecule has 1 aliphatic heterocycles. The van der Waals surface area contributed by atoms with Crippen molar-refractivity contribution in [2.75, 3.05) is 21.3 Å². The number of carbonyl (C=O) groups is 1. The van der Waals surface area contributed by atoms with Crippen LogP contribution in [0.3, 0.4) is 0 Å². The van der Waals surface area contributed by atoms with Gasteiger partial charge in [-0.2, -0.15) is 5.10 Å². The molecule has 1 saturated heterocycles. The van der Waals surface area contributed by atoms with Crippen LogP contribution in [-0.2, 0) is 11.3 Å². The molecule has 0 unspecified atom stereocenters. The SMILES string of the molecule is COc1ccccc1/C=C1\S/C(=N\N=C\c2ccc(OC)c(OC)c2)N(Cc2ccco2)C1=O. The quantitative estimate of drug-likeness (QED) is 0.263. The molecule has 0 aliphatic carbocycles. The lowest BCUT2D eigenvalue weighted by Crippen LogP contribution is -2.28. The summed E-state index contributed by atoms with van der Waals surface area (Å²) in [7, 11) is 4.75. The molecule has 2 aromatic carbocycles. The Hall–Kier alpha value is -3.98. The van der Waals surface area contributed by atoms with Gasteiger partial charge < -0.3 is 18.6 Å². The average Bonchev–Trinajstić information content (AvgIpc) is 3.48. The van der Waals surface area contributed by atoms with E-state index in [1.54, 1.807) is 58.1 Å².